The van der Waals surface area contributed by atoms with Crippen LogP contribution in [-0.2, 0) is 19.3 Å². The molecular weight excluding hydrogens is 226 g/mol. The molecule has 0 spiro atoms. The van der Waals surface area contributed by atoms with Gasteiger partial charge in [0.05, 0.1) is 0 Å². The Kier molecular flexibility index (Phi) is 5.75. The molecule has 0 unspecified atom stereocenters. The molecule has 1 amide bonds. The number of rotatable bonds is 2. The SMILES string of the molecule is CCC.CCc1nc2c(c(C(N)=O)n1)CCCC2. The van der Waals surface area contributed by atoms with Crippen molar-refractivity contribution in [1.82, 2.24) is 9.97 Å². The number of primary amides is 1. The fourth-order valence-corrected chi connectivity index (χ4v) is 2.01. The average molecular weight is 249 g/mol. The second-order valence-electron chi connectivity index (χ2n) is 4.55. The Morgan fingerprint density at radius 3 is 2.33 bits per heavy atom. The van der Waals surface area contributed by atoms with E-state index in [0.717, 1.165) is 49.2 Å². The summed E-state index contributed by atoms with van der Waals surface area (Å²) in [5.41, 5.74) is 7.78. The van der Waals surface area contributed by atoms with Crippen molar-refractivity contribution in [3.8, 4) is 0 Å². The van der Waals surface area contributed by atoms with E-state index < -0.39 is 5.91 Å². The van der Waals surface area contributed by atoms with Crippen molar-refractivity contribution in [1.29, 1.82) is 0 Å². The van der Waals surface area contributed by atoms with Gasteiger partial charge in [-0.1, -0.05) is 27.2 Å². The molecule has 0 saturated carbocycles. The number of hydrogen-bond acceptors (Lipinski definition) is 3. The van der Waals surface area contributed by atoms with Crippen LogP contribution in [0.25, 0.3) is 0 Å². The number of hydrogen-bond donors (Lipinski definition) is 1. The van der Waals surface area contributed by atoms with Gasteiger partial charge in [-0.15, -0.1) is 0 Å². The number of amides is 1. The van der Waals surface area contributed by atoms with E-state index in [4.69, 9.17) is 5.73 Å². The molecule has 2 N–H and O–H groups in total. The summed E-state index contributed by atoms with van der Waals surface area (Å²) in [6.45, 7) is 6.23. The summed E-state index contributed by atoms with van der Waals surface area (Å²) in [6.07, 6.45) is 6.07. The molecule has 0 bridgehead atoms. The lowest BCUT2D eigenvalue weighted by Gasteiger charge is -2.17. The normalized spacial score (nSPS) is 13.3. The third kappa shape index (κ3) is 3.52. The maximum absolute atomic E-state index is 11.3. The van der Waals surface area contributed by atoms with Crippen LogP contribution >= 0.6 is 0 Å². The molecule has 1 aromatic heterocycles. The number of fused-ring (bicyclic) bond motifs is 1. The Hall–Kier alpha value is -1.45. The molecule has 0 saturated heterocycles. The van der Waals surface area contributed by atoms with Crippen LogP contribution in [0, 0.1) is 0 Å². The van der Waals surface area contributed by atoms with Crippen LogP contribution in [-0.4, -0.2) is 15.9 Å². The summed E-state index contributed by atoms with van der Waals surface area (Å²) < 4.78 is 0. The Balaban J connectivity index is 0.000000492. The maximum atomic E-state index is 11.3. The fourth-order valence-electron chi connectivity index (χ4n) is 2.01. The second kappa shape index (κ2) is 7.09. The summed E-state index contributed by atoms with van der Waals surface area (Å²) in [5.74, 6) is 0.301. The Morgan fingerprint density at radius 2 is 1.78 bits per heavy atom. The molecule has 0 aliphatic heterocycles. The smallest absolute Gasteiger partial charge is 0.267 e. The van der Waals surface area contributed by atoms with Gasteiger partial charge in [0.25, 0.3) is 5.91 Å². The zero-order valence-electron chi connectivity index (χ0n) is 11.6. The molecule has 2 rings (SSSR count). The third-order valence-electron chi connectivity index (χ3n) is 2.78. The molecule has 0 fully saturated rings. The monoisotopic (exact) mass is 249 g/mol. The Morgan fingerprint density at radius 1 is 1.17 bits per heavy atom. The summed E-state index contributed by atoms with van der Waals surface area (Å²) >= 11 is 0. The van der Waals surface area contributed by atoms with Gasteiger partial charge in [0, 0.05) is 17.7 Å². The van der Waals surface area contributed by atoms with Crippen LogP contribution in [0.5, 0.6) is 0 Å². The van der Waals surface area contributed by atoms with Gasteiger partial charge in [-0.3, -0.25) is 4.79 Å². The highest BCUT2D eigenvalue weighted by Crippen LogP contribution is 2.22. The van der Waals surface area contributed by atoms with Crippen LogP contribution in [0.3, 0.4) is 0 Å². The number of carbonyl (C=O) groups is 1. The van der Waals surface area contributed by atoms with Crippen molar-refractivity contribution in [2.45, 2.75) is 59.3 Å². The van der Waals surface area contributed by atoms with Crippen LogP contribution in [0.15, 0.2) is 0 Å². The van der Waals surface area contributed by atoms with E-state index in [1.165, 1.54) is 6.42 Å². The van der Waals surface area contributed by atoms with Crippen molar-refractivity contribution in [2.24, 2.45) is 5.73 Å². The van der Waals surface area contributed by atoms with Gasteiger partial charge < -0.3 is 5.73 Å². The predicted octanol–water partition coefficient (Wildman–Crippen LogP) is 2.43. The average Bonchev–Trinajstić information content (AvgIpc) is 2.38. The second-order valence-corrected chi connectivity index (χ2v) is 4.55. The standard InChI is InChI=1S/C11H15N3O.C3H8/c1-2-9-13-8-6-4-3-5-7(8)10(14-9)11(12)15;1-3-2/h2-6H2,1H3,(H2,12,15);3H2,1-2H3. The molecule has 0 aromatic carbocycles. The molecule has 1 heterocycles. The summed E-state index contributed by atoms with van der Waals surface area (Å²) in [6, 6.07) is 0. The lowest BCUT2D eigenvalue weighted by molar-refractivity contribution is 0.0993. The molecular formula is C14H23N3O. The number of aromatic nitrogens is 2. The first kappa shape index (κ1) is 14.6. The first-order valence-corrected chi connectivity index (χ1v) is 6.82. The third-order valence-corrected chi connectivity index (χ3v) is 2.78. The minimum Gasteiger partial charge on any atom is -0.364 e. The Labute approximate surface area is 109 Å². The molecule has 4 heteroatoms. The topological polar surface area (TPSA) is 68.9 Å². The lowest BCUT2D eigenvalue weighted by atomic mass is 9.94. The van der Waals surface area contributed by atoms with E-state index in [1.807, 2.05) is 6.92 Å². The minimum absolute atomic E-state index is 0.426. The number of nitrogens with two attached hydrogens (primary N) is 1. The van der Waals surface area contributed by atoms with Crippen LogP contribution < -0.4 is 5.73 Å². The quantitative estimate of drug-likeness (QED) is 0.875. The maximum Gasteiger partial charge on any atom is 0.267 e. The first-order valence-electron chi connectivity index (χ1n) is 6.82. The van der Waals surface area contributed by atoms with Gasteiger partial charge in [0.1, 0.15) is 11.5 Å². The highest BCUT2D eigenvalue weighted by molar-refractivity contribution is 5.92. The van der Waals surface area contributed by atoms with E-state index >= 15 is 0 Å². The molecule has 1 aliphatic carbocycles. The highest BCUT2D eigenvalue weighted by atomic mass is 16.1. The molecule has 4 nitrogen and oxygen atoms in total. The predicted molar refractivity (Wildman–Crippen MR) is 72.5 cm³/mol. The van der Waals surface area contributed by atoms with Crippen molar-refractivity contribution < 1.29 is 4.79 Å². The molecule has 100 valence electrons. The molecule has 1 aliphatic rings. The van der Waals surface area contributed by atoms with E-state index in [-0.39, 0.29) is 0 Å². The van der Waals surface area contributed by atoms with Gasteiger partial charge in [0.2, 0.25) is 0 Å². The van der Waals surface area contributed by atoms with Gasteiger partial charge in [0.15, 0.2) is 0 Å². The van der Waals surface area contributed by atoms with Crippen molar-refractivity contribution in [2.75, 3.05) is 0 Å². The number of carbonyl (C=O) groups excluding carboxylic acids is 1. The van der Waals surface area contributed by atoms with Crippen LogP contribution in [0.2, 0.25) is 0 Å². The molecule has 18 heavy (non-hydrogen) atoms. The zero-order chi connectivity index (χ0) is 13.5. The van der Waals surface area contributed by atoms with Crippen LogP contribution in [0.1, 0.15) is 67.6 Å². The number of aryl methyl sites for hydroxylation is 2. The highest BCUT2D eigenvalue weighted by Gasteiger charge is 2.19. The van der Waals surface area contributed by atoms with E-state index in [9.17, 15) is 4.79 Å². The van der Waals surface area contributed by atoms with Gasteiger partial charge in [-0.05, 0) is 25.7 Å². The summed E-state index contributed by atoms with van der Waals surface area (Å²) in [4.78, 5) is 19.9. The van der Waals surface area contributed by atoms with Gasteiger partial charge in [-0.2, -0.15) is 0 Å². The lowest BCUT2D eigenvalue weighted by Crippen LogP contribution is -2.21. The van der Waals surface area contributed by atoms with Crippen molar-refractivity contribution >= 4 is 5.91 Å². The number of nitrogens with zero attached hydrogens (tertiary/aromatic N) is 2. The minimum atomic E-state index is -0.426. The Bertz CT molecular complexity index is 416. The largest absolute Gasteiger partial charge is 0.364 e. The van der Waals surface area contributed by atoms with E-state index in [1.54, 1.807) is 0 Å². The zero-order valence-corrected chi connectivity index (χ0v) is 11.6. The van der Waals surface area contributed by atoms with Crippen LogP contribution in [0.4, 0.5) is 0 Å². The molecule has 0 atom stereocenters. The summed E-state index contributed by atoms with van der Waals surface area (Å²) in [7, 11) is 0. The van der Waals surface area contributed by atoms with E-state index in [0.29, 0.717) is 5.69 Å². The molecule has 0 radical (unpaired) electrons. The summed E-state index contributed by atoms with van der Waals surface area (Å²) in [5, 5.41) is 0. The molecule has 1 aromatic rings. The van der Waals surface area contributed by atoms with Crippen molar-refractivity contribution in [3.63, 3.8) is 0 Å². The van der Waals surface area contributed by atoms with Gasteiger partial charge in [-0.25, -0.2) is 9.97 Å². The van der Waals surface area contributed by atoms with Gasteiger partial charge >= 0.3 is 0 Å². The van der Waals surface area contributed by atoms with Crippen molar-refractivity contribution in [3.05, 3.63) is 22.8 Å². The fraction of sp³-hybridized carbons (Fsp3) is 0.643. The first-order chi connectivity index (χ1) is 8.63. The van der Waals surface area contributed by atoms with E-state index in [2.05, 4.69) is 23.8 Å².